The summed E-state index contributed by atoms with van der Waals surface area (Å²) in [6.45, 7) is 4.91. The number of oxazole rings is 1. The summed E-state index contributed by atoms with van der Waals surface area (Å²) in [6, 6.07) is 14.9. The molecule has 0 saturated heterocycles. The van der Waals surface area contributed by atoms with Gasteiger partial charge in [-0.15, -0.1) is 0 Å². The zero-order valence-electron chi connectivity index (χ0n) is 15.9. The lowest BCUT2D eigenvalue weighted by atomic mass is 10.1. The SMILES string of the molecule is COc1cccc(-c2cnc(-c3ccccc3C(=O)NCCC(C)C)o2)c1. The molecular formula is C22H24N2O3. The van der Waals surface area contributed by atoms with E-state index in [-0.39, 0.29) is 5.91 Å². The van der Waals surface area contributed by atoms with Crippen LogP contribution in [0.25, 0.3) is 22.8 Å². The van der Waals surface area contributed by atoms with E-state index in [9.17, 15) is 4.79 Å². The third-order valence-corrected chi connectivity index (χ3v) is 4.27. The number of hydrogen-bond acceptors (Lipinski definition) is 4. The lowest BCUT2D eigenvalue weighted by molar-refractivity contribution is 0.0952. The molecule has 5 heteroatoms. The monoisotopic (exact) mass is 364 g/mol. The van der Waals surface area contributed by atoms with E-state index in [1.807, 2.05) is 42.5 Å². The molecule has 1 aromatic heterocycles. The Bertz CT molecular complexity index is 915. The number of rotatable bonds is 7. The number of ether oxygens (including phenoxy) is 1. The van der Waals surface area contributed by atoms with Crippen molar-refractivity contribution < 1.29 is 13.9 Å². The predicted octanol–water partition coefficient (Wildman–Crippen LogP) is 4.79. The summed E-state index contributed by atoms with van der Waals surface area (Å²) in [6.07, 6.45) is 2.60. The summed E-state index contributed by atoms with van der Waals surface area (Å²) in [7, 11) is 1.62. The first-order valence-corrected chi connectivity index (χ1v) is 9.06. The smallest absolute Gasteiger partial charge is 0.252 e. The van der Waals surface area contributed by atoms with Gasteiger partial charge in [0.1, 0.15) is 5.75 Å². The van der Waals surface area contributed by atoms with Crippen LogP contribution in [-0.2, 0) is 0 Å². The normalized spacial score (nSPS) is 10.8. The molecule has 140 valence electrons. The van der Waals surface area contributed by atoms with Crippen LogP contribution < -0.4 is 10.1 Å². The van der Waals surface area contributed by atoms with Gasteiger partial charge in [0.25, 0.3) is 5.91 Å². The van der Waals surface area contributed by atoms with E-state index in [1.165, 1.54) is 0 Å². The topological polar surface area (TPSA) is 64.4 Å². The van der Waals surface area contributed by atoms with Crippen LogP contribution in [0.5, 0.6) is 5.75 Å². The van der Waals surface area contributed by atoms with Crippen LogP contribution in [0.2, 0.25) is 0 Å². The summed E-state index contributed by atoms with van der Waals surface area (Å²) in [4.78, 5) is 17.0. The standard InChI is InChI=1S/C22H24N2O3/c1-15(2)11-12-23-21(25)18-9-4-5-10-19(18)22-24-14-20(27-22)16-7-6-8-17(13-16)26-3/h4-10,13-15H,11-12H2,1-3H3,(H,23,25). The number of carbonyl (C=O) groups excluding carboxylic acids is 1. The highest BCUT2D eigenvalue weighted by atomic mass is 16.5. The zero-order chi connectivity index (χ0) is 19.2. The van der Waals surface area contributed by atoms with E-state index in [0.29, 0.717) is 35.2 Å². The molecule has 3 rings (SSSR count). The van der Waals surface area contributed by atoms with E-state index in [4.69, 9.17) is 9.15 Å². The fourth-order valence-corrected chi connectivity index (χ4v) is 2.75. The molecule has 0 aliphatic heterocycles. The Morgan fingerprint density at radius 1 is 1.19 bits per heavy atom. The number of carbonyl (C=O) groups is 1. The van der Waals surface area contributed by atoms with E-state index < -0.39 is 0 Å². The molecule has 0 saturated carbocycles. The van der Waals surface area contributed by atoms with Gasteiger partial charge in [0, 0.05) is 17.7 Å². The fourth-order valence-electron chi connectivity index (χ4n) is 2.75. The van der Waals surface area contributed by atoms with E-state index in [2.05, 4.69) is 24.1 Å². The highest BCUT2D eigenvalue weighted by Crippen LogP contribution is 2.29. The van der Waals surface area contributed by atoms with Gasteiger partial charge in [-0.3, -0.25) is 4.79 Å². The minimum atomic E-state index is -0.118. The van der Waals surface area contributed by atoms with Crippen LogP contribution in [-0.4, -0.2) is 24.5 Å². The van der Waals surface area contributed by atoms with Crippen LogP contribution in [0.3, 0.4) is 0 Å². The highest BCUT2D eigenvalue weighted by Gasteiger charge is 2.17. The first-order chi connectivity index (χ1) is 13.1. The summed E-state index contributed by atoms with van der Waals surface area (Å²) in [5.74, 6) is 2.21. The van der Waals surface area contributed by atoms with Crippen LogP contribution in [0.4, 0.5) is 0 Å². The third-order valence-electron chi connectivity index (χ3n) is 4.27. The predicted molar refractivity (Wildman–Crippen MR) is 106 cm³/mol. The van der Waals surface area contributed by atoms with Crippen molar-refractivity contribution in [3.05, 3.63) is 60.3 Å². The second-order valence-corrected chi connectivity index (χ2v) is 6.75. The molecule has 0 aliphatic carbocycles. The number of methoxy groups -OCH3 is 1. The van der Waals surface area contributed by atoms with Crippen molar-refractivity contribution >= 4 is 5.91 Å². The fraction of sp³-hybridized carbons (Fsp3) is 0.273. The summed E-state index contributed by atoms with van der Waals surface area (Å²) in [5.41, 5.74) is 2.10. The Morgan fingerprint density at radius 3 is 2.78 bits per heavy atom. The van der Waals surface area contributed by atoms with Crippen molar-refractivity contribution in [2.75, 3.05) is 13.7 Å². The van der Waals surface area contributed by atoms with Gasteiger partial charge >= 0.3 is 0 Å². The second kappa shape index (κ2) is 8.54. The van der Waals surface area contributed by atoms with Gasteiger partial charge in [-0.2, -0.15) is 0 Å². The average molecular weight is 364 g/mol. The first-order valence-electron chi connectivity index (χ1n) is 9.06. The quantitative estimate of drug-likeness (QED) is 0.654. The Kier molecular flexibility index (Phi) is 5.91. The maximum Gasteiger partial charge on any atom is 0.252 e. The number of amides is 1. The van der Waals surface area contributed by atoms with Crippen LogP contribution >= 0.6 is 0 Å². The average Bonchev–Trinajstić information content (AvgIpc) is 3.18. The molecule has 0 atom stereocenters. The minimum Gasteiger partial charge on any atom is -0.497 e. The van der Waals surface area contributed by atoms with Crippen LogP contribution in [0.1, 0.15) is 30.6 Å². The molecule has 0 fully saturated rings. The number of nitrogens with one attached hydrogen (secondary N) is 1. The Labute approximate surface area is 159 Å². The Morgan fingerprint density at radius 2 is 2.00 bits per heavy atom. The van der Waals surface area contributed by atoms with Gasteiger partial charge in [0.2, 0.25) is 5.89 Å². The lowest BCUT2D eigenvalue weighted by Gasteiger charge is -2.09. The third kappa shape index (κ3) is 4.56. The molecule has 1 amide bonds. The van der Waals surface area contributed by atoms with Crippen molar-refractivity contribution in [1.29, 1.82) is 0 Å². The summed E-state index contributed by atoms with van der Waals surface area (Å²) in [5, 5.41) is 2.97. The van der Waals surface area contributed by atoms with Gasteiger partial charge in [-0.25, -0.2) is 4.98 Å². The lowest BCUT2D eigenvalue weighted by Crippen LogP contribution is -2.25. The van der Waals surface area contributed by atoms with Crippen LogP contribution in [0.15, 0.2) is 59.1 Å². The van der Waals surface area contributed by atoms with Gasteiger partial charge in [0.15, 0.2) is 5.76 Å². The number of benzene rings is 2. The summed E-state index contributed by atoms with van der Waals surface area (Å²) < 4.78 is 11.2. The first kappa shape index (κ1) is 18.7. The van der Waals surface area contributed by atoms with Crippen molar-refractivity contribution in [2.45, 2.75) is 20.3 Å². The molecule has 0 spiro atoms. The molecule has 3 aromatic rings. The van der Waals surface area contributed by atoms with Gasteiger partial charge in [0.05, 0.1) is 18.9 Å². The van der Waals surface area contributed by atoms with Crippen molar-refractivity contribution in [3.63, 3.8) is 0 Å². The van der Waals surface area contributed by atoms with E-state index >= 15 is 0 Å². The number of nitrogens with zero attached hydrogens (tertiary/aromatic N) is 1. The molecule has 0 unspecified atom stereocenters. The van der Waals surface area contributed by atoms with E-state index in [1.54, 1.807) is 19.4 Å². The summed E-state index contributed by atoms with van der Waals surface area (Å²) >= 11 is 0. The molecule has 27 heavy (non-hydrogen) atoms. The maximum atomic E-state index is 12.6. The second-order valence-electron chi connectivity index (χ2n) is 6.75. The van der Waals surface area contributed by atoms with E-state index in [0.717, 1.165) is 17.7 Å². The van der Waals surface area contributed by atoms with Crippen molar-refractivity contribution in [1.82, 2.24) is 10.3 Å². The molecule has 1 heterocycles. The number of hydrogen-bond donors (Lipinski definition) is 1. The zero-order valence-corrected chi connectivity index (χ0v) is 15.9. The molecular weight excluding hydrogens is 340 g/mol. The molecule has 0 bridgehead atoms. The van der Waals surface area contributed by atoms with Gasteiger partial charge in [-0.05, 0) is 36.6 Å². The molecule has 0 aliphatic rings. The van der Waals surface area contributed by atoms with Gasteiger partial charge < -0.3 is 14.5 Å². The minimum absolute atomic E-state index is 0.118. The Balaban J connectivity index is 1.85. The molecule has 2 aromatic carbocycles. The number of aromatic nitrogens is 1. The molecule has 5 nitrogen and oxygen atoms in total. The highest BCUT2D eigenvalue weighted by molar-refractivity contribution is 6.00. The van der Waals surface area contributed by atoms with Crippen molar-refractivity contribution in [2.24, 2.45) is 5.92 Å². The van der Waals surface area contributed by atoms with Crippen molar-refractivity contribution in [3.8, 4) is 28.5 Å². The largest absolute Gasteiger partial charge is 0.497 e. The maximum absolute atomic E-state index is 12.6. The molecule has 1 N–H and O–H groups in total. The Hall–Kier alpha value is -3.08. The molecule has 0 radical (unpaired) electrons. The van der Waals surface area contributed by atoms with Crippen LogP contribution in [0, 0.1) is 5.92 Å². The van der Waals surface area contributed by atoms with Gasteiger partial charge in [-0.1, -0.05) is 38.1 Å².